The topological polar surface area (TPSA) is 29.5 Å². The molecular weight excluding hydrogens is 274 g/mol. The van der Waals surface area contributed by atoms with E-state index in [2.05, 4.69) is 11.8 Å². The molecule has 1 aliphatic heterocycles. The third-order valence-corrected chi connectivity index (χ3v) is 4.61. The molecule has 0 aromatic heterocycles. The lowest BCUT2D eigenvalue weighted by molar-refractivity contribution is 0.0940. The summed E-state index contributed by atoms with van der Waals surface area (Å²) in [6, 6.07) is 7.95. The summed E-state index contributed by atoms with van der Waals surface area (Å²) in [7, 11) is 1.64. The summed E-state index contributed by atoms with van der Waals surface area (Å²) in [5.74, 6) is 0.998. The fraction of sp³-hybridized carbons (Fsp3) is 0.632. The molecular formula is C19H29NO2. The van der Waals surface area contributed by atoms with E-state index in [1.807, 2.05) is 24.3 Å². The lowest BCUT2D eigenvalue weighted by atomic mass is 10.0. The summed E-state index contributed by atoms with van der Waals surface area (Å²) >= 11 is 0. The van der Waals surface area contributed by atoms with Crippen molar-refractivity contribution in [1.29, 1.82) is 0 Å². The van der Waals surface area contributed by atoms with E-state index in [1.54, 1.807) is 7.11 Å². The average molecular weight is 303 g/mol. The Morgan fingerprint density at radius 1 is 1.32 bits per heavy atom. The number of ether oxygens (including phenoxy) is 1. The number of carbonyl (C=O) groups is 1. The SMILES string of the molecule is CCCCCCN1CCCC1CC(=O)c1cccc(OC)c1. The van der Waals surface area contributed by atoms with Crippen LogP contribution >= 0.6 is 0 Å². The Balaban J connectivity index is 1.86. The zero-order chi connectivity index (χ0) is 15.8. The summed E-state index contributed by atoms with van der Waals surface area (Å²) in [6.07, 6.45) is 8.19. The van der Waals surface area contributed by atoms with Gasteiger partial charge in [0, 0.05) is 18.0 Å². The van der Waals surface area contributed by atoms with Gasteiger partial charge in [-0.3, -0.25) is 9.69 Å². The minimum Gasteiger partial charge on any atom is -0.497 e. The maximum atomic E-state index is 12.5. The molecule has 1 aromatic rings. The number of methoxy groups -OCH3 is 1. The van der Waals surface area contributed by atoms with E-state index in [1.165, 1.54) is 32.1 Å². The second kappa shape index (κ2) is 8.94. The van der Waals surface area contributed by atoms with E-state index in [-0.39, 0.29) is 5.78 Å². The van der Waals surface area contributed by atoms with Gasteiger partial charge < -0.3 is 4.74 Å². The van der Waals surface area contributed by atoms with Gasteiger partial charge in [-0.2, -0.15) is 0 Å². The second-order valence-corrected chi connectivity index (χ2v) is 6.25. The van der Waals surface area contributed by atoms with Crippen molar-refractivity contribution < 1.29 is 9.53 Å². The molecule has 1 unspecified atom stereocenters. The molecule has 0 saturated carbocycles. The Kier molecular flexibility index (Phi) is 6.91. The molecule has 1 fully saturated rings. The predicted molar refractivity (Wildman–Crippen MR) is 90.7 cm³/mol. The maximum absolute atomic E-state index is 12.5. The monoisotopic (exact) mass is 303 g/mol. The Bertz CT molecular complexity index is 472. The van der Waals surface area contributed by atoms with E-state index in [0.29, 0.717) is 12.5 Å². The highest BCUT2D eigenvalue weighted by Gasteiger charge is 2.26. The molecule has 2 rings (SSSR count). The maximum Gasteiger partial charge on any atom is 0.164 e. The molecule has 0 spiro atoms. The number of nitrogens with zero attached hydrogens (tertiary/aromatic N) is 1. The number of likely N-dealkylation sites (tertiary alicyclic amines) is 1. The van der Waals surface area contributed by atoms with Crippen molar-refractivity contribution in [2.45, 2.75) is 57.9 Å². The summed E-state index contributed by atoms with van der Waals surface area (Å²) in [4.78, 5) is 15.0. The van der Waals surface area contributed by atoms with Crippen LogP contribution in [-0.2, 0) is 0 Å². The van der Waals surface area contributed by atoms with Gasteiger partial charge in [0.05, 0.1) is 7.11 Å². The first kappa shape index (κ1) is 17.0. The van der Waals surface area contributed by atoms with Crippen LogP contribution in [0.5, 0.6) is 5.75 Å². The van der Waals surface area contributed by atoms with Gasteiger partial charge >= 0.3 is 0 Å². The van der Waals surface area contributed by atoms with E-state index in [0.717, 1.165) is 30.8 Å². The van der Waals surface area contributed by atoms with Crippen LogP contribution in [0.1, 0.15) is 62.2 Å². The van der Waals surface area contributed by atoms with Crippen LogP contribution in [0, 0.1) is 0 Å². The van der Waals surface area contributed by atoms with Crippen molar-refractivity contribution in [2.24, 2.45) is 0 Å². The number of hydrogen-bond acceptors (Lipinski definition) is 3. The number of carbonyl (C=O) groups excluding carboxylic acids is 1. The van der Waals surface area contributed by atoms with E-state index in [4.69, 9.17) is 4.74 Å². The number of ketones is 1. The van der Waals surface area contributed by atoms with Gasteiger partial charge in [0.25, 0.3) is 0 Å². The molecule has 1 heterocycles. The van der Waals surface area contributed by atoms with Crippen molar-refractivity contribution in [3.8, 4) is 5.75 Å². The van der Waals surface area contributed by atoms with Gasteiger partial charge in [-0.1, -0.05) is 38.3 Å². The first-order valence-electron chi connectivity index (χ1n) is 8.66. The summed E-state index contributed by atoms with van der Waals surface area (Å²) in [5.41, 5.74) is 0.775. The van der Waals surface area contributed by atoms with Crippen molar-refractivity contribution in [3.05, 3.63) is 29.8 Å². The lowest BCUT2D eigenvalue weighted by Gasteiger charge is -2.24. The number of unbranched alkanes of at least 4 members (excludes halogenated alkanes) is 3. The molecule has 1 atom stereocenters. The van der Waals surface area contributed by atoms with Crippen LogP contribution in [0.15, 0.2) is 24.3 Å². The Labute approximate surface area is 134 Å². The molecule has 1 aliphatic rings. The summed E-state index contributed by atoms with van der Waals surface area (Å²) in [5, 5.41) is 0. The number of hydrogen-bond donors (Lipinski definition) is 0. The van der Waals surface area contributed by atoms with E-state index < -0.39 is 0 Å². The molecule has 0 radical (unpaired) electrons. The van der Waals surface area contributed by atoms with Crippen molar-refractivity contribution in [2.75, 3.05) is 20.2 Å². The Morgan fingerprint density at radius 3 is 2.95 bits per heavy atom. The number of benzene rings is 1. The number of Topliss-reactive ketones (excluding diaryl/α,β-unsaturated/α-hetero) is 1. The van der Waals surface area contributed by atoms with Crippen molar-refractivity contribution >= 4 is 5.78 Å². The molecule has 1 aromatic carbocycles. The highest BCUT2D eigenvalue weighted by molar-refractivity contribution is 5.96. The van der Waals surface area contributed by atoms with E-state index >= 15 is 0 Å². The van der Waals surface area contributed by atoms with Crippen LogP contribution in [-0.4, -0.2) is 36.9 Å². The summed E-state index contributed by atoms with van der Waals surface area (Å²) < 4.78 is 5.21. The third kappa shape index (κ3) is 4.84. The standard InChI is InChI=1S/C19H29NO2/c1-3-4-5-6-12-20-13-8-10-17(20)15-19(21)16-9-7-11-18(14-16)22-2/h7,9,11,14,17H,3-6,8,10,12-13,15H2,1-2H3. The largest absolute Gasteiger partial charge is 0.497 e. The van der Waals surface area contributed by atoms with Crippen molar-refractivity contribution in [3.63, 3.8) is 0 Å². The van der Waals surface area contributed by atoms with Gasteiger partial charge in [-0.25, -0.2) is 0 Å². The zero-order valence-corrected chi connectivity index (χ0v) is 14.0. The van der Waals surface area contributed by atoms with Crippen LogP contribution in [0.25, 0.3) is 0 Å². The third-order valence-electron chi connectivity index (χ3n) is 4.61. The molecule has 0 aliphatic carbocycles. The predicted octanol–water partition coefficient (Wildman–Crippen LogP) is 4.31. The summed E-state index contributed by atoms with van der Waals surface area (Å²) in [6.45, 7) is 4.55. The smallest absolute Gasteiger partial charge is 0.164 e. The molecule has 0 bridgehead atoms. The first-order chi connectivity index (χ1) is 10.7. The lowest BCUT2D eigenvalue weighted by Crippen LogP contribution is -2.32. The average Bonchev–Trinajstić information content (AvgIpc) is 2.98. The van der Waals surface area contributed by atoms with Crippen LogP contribution in [0.3, 0.4) is 0 Å². The van der Waals surface area contributed by atoms with Gasteiger partial charge in [0.1, 0.15) is 5.75 Å². The Hall–Kier alpha value is -1.35. The minimum absolute atomic E-state index is 0.240. The quantitative estimate of drug-likeness (QED) is 0.503. The zero-order valence-electron chi connectivity index (χ0n) is 14.0. The normalized spacial score (nSPS) is 18.5. The number of rotatable bonds is 9. The van der Waals surface area contributed by atoms with Crippen LogP contribution < -0.4 is 4.74 Å². The van der Waals surface area contributed by atoms with Crippen LogP contribution in [0.4, 0.5) is 0 Å². The minimum atomic E-state index is 0.240. The Morgan fingerprint density at radius 2 is 2.18 bits per heavy atom. The molecule has 22 heavy (non-hydrogen) atoms. The van der Waals surface area contributed by atoms with Gasteiger partial charge in [0.2, 0.25) is 0 Å². The molecule has 3 heteroatoms. The van der Waals surface area contributed by atoms with Gasteiger partial charge in [0.15, 0.2) is 5.78 Å². The van der Waals surface area contributed by atoms with E-state index in [9.17, 15) is 4.79 Å². The fourth-order valence-corrected chi connectivity index (χ4v) is 3.29. The molecule has 1 saturated heterocycles. The fourth-order valence-electron chi connectivity index (χ4n) is 3.29. The van der Waals surface area contributed by atoms with Crippen LogP contribution in [0.2, 0.25) is 0 Å². The molecule has 0 amide bonds. The first-order valence-corrected chi connectivity index (χ1v) is 8.66. The second-order valence-electron chi connectivity index (χ2n) is 6.25. The van der Waals surface area contributed by atoms with Gasteiger partial charge in [-0.05, 0) is 44.5 Å². The van der Waals surface area contributed by atoms with Gasteiger partial charge in [-0.15, -0.1) is 0 Å². The highest BCUT2D eigenvalue weighted by atomic mass is 16.5. The molecule has 0 N–H and O–H groups in total. The van der Waals surface area contributed by atoms with Crippen molar-refractivity contribution in [1.82, 2.24) is 4.90 Å². The molecule has 3 nitrogen and oxygen atoms in total. The molecule has 122 valence electrons. The highest BCUT2D eigenvalue weighted by Crippen LogP contribution is 2.23.